The number of carbonyl (C=O) groups excluding carboxylic acids is 1. The lowest BCUT2D eigenvalue weighted by Crippen LogP contribution is -2.38. The maximum Gasteiger partial charge on any atom is 0.319 e. The Hall–Kier alpha value is -2.34. The van der Waals surface area contributed by atoms with E-state index in [1.807, 2.05) is 23.0 Å². The molecule has 2 amide bonds. The Morgan fingerprint density at radius 2 is 2.08 bits per heavy atom. The summed E-state index contributed by atoms with van der Waals surface area (Å²) >= 11 is 0. The van der Waals surface area contributed by atoms with Crippen LogP contribution in [0.1, 0.15) is 24.0 Å². The SMILES string of the molecule is O=C(Nc1cnn(C[C@@H]2CCCO2)c1)NC1Cc2ccccc2C1. The van der Waals surface area contributed by atoms with Gasteiger partial charge in [0.2, 0.25) is 0 Å². The molecule has 1 aromatic heterocycles. The van der Waals surface area contributed by atoms with Crippen molar-refractivity contribution in [1.82, 2.24) is 15.1 Å². The van der Waals surface area contributed by atoms with Crippen molar-refractivity contribution < 1.29 is 9.53 Å². The summed E-state index contributed by atoms with van der Waals surface area (Å²) < 4.78 is 7.44. The number of rotatable bonds is 4. The third-order valence-electron chi connectivity index (χ3n) is 4.69. The number of fused-ring (bicyclic) bond motifs is 1. The van der Waals surface area contributed by atoms with E-state index >= 15 is 0 Å². The Labute approximate surface area is 141 Å². The number of carbonyl (C=O) groups is 1. The number of aromatic nitrogens is 2. The van der Waals surface area contributed by atoms with Crippen LogP contribution < -0.4 is 10.6 Å². The summed E-state index contributed by atoms with van der Waals surface area (Å²) in [6, 6.07) is 8.33. The summed E-state index contributed by atoms with van der Waals surface area (Å²) in [5.74, 6) is 0. The fourth-order valence-electron chi connectivity index (χ4n) is 3.54. The number of nitrogens with one attached hydrogen (secondary N) is 2. The molecule has 1 aliphatic carbocycles. The van der Waals surface area contributed by atoms with Crippen LogP contribution in [0.15, 0.2) is 36.7 Å². The maximum absolute atomic E-state index is 12.2. The van der Waals surface area contributed by atoms with E-state index in [2.05, 4.69) is 27.9 Å². The molecule has 1 aliphatic heterocycles. The highest BCUT2D eigenvalue weighted by molar-refractivity contribution is 5.89. The molecule has 0 saturated carbocycles. The van der Waals surface area contributed by atoms with Crippen LogP contribution in [-0.4, -0.2) is 34.6 Å². The first-order valence-corrected chi connectivity index (χ1v) is 8.54. The highest BCUT2D eigenvalue weighted by atomic mass is 16.5. The van der Waals surface area contributed by atoms with Crippen molar-refractivity contribution in [3.05, 3.63) is 47.8 Å². The van der Waals surface area contributed by atoms with Gasteiger partial charge in [-0.2, -0.15) is 5.10 Å². The van der Waals surface area contributed by atoms with Gasteiger partial charge in [-0.25, -0.2) is 4.79 Å². The van der Waals surface area contributed by atoms with E-state index in [4.69, 9.17) is 4.74 Å². The molecule has 1 atom stereocenters. The van der Waals surface area contributed by atoms with Crippen molar-refractivity contribution in [1.29, 1.82) is 0 Å². The number of hydrogen-bond donors (Lipinski definition) is 2. The second kappa shape index (κ2) is 6.65. The lowest BCUT2D eigenvalue weighted by Gasteiger charge is -2.12. The van der Waals surface area contributed by atoms with Gasteiger partial charge in [-0.15, -0.1) is 0 Å². The molecule has 0 radical (unpaired) electrons. The van der Waals surface area contributed by atoms with E-state index < -0.39 is 0 Å². The smallest absolute Gasteiger partial charge is 0.319 e. The van der Waals surface area contributed by atoms with Crippen molar-refractivity contribution in [2.45, 2.75) is 44.4 Å². The average molecular weight is 326 g/mol. The molecule has 0 unspecified atom stereocenters. The number of benzene rings is 1. The minimum Gasteiger partial charge on any atom is -0.376 e. The van der Waals surface area contributed by atoms with Gasteiger partial charge in [0.15, 0.2) is 0 Å². The molecule has 2 heterocycles. The number of urea groups is 1. The van der Waals surface area contributed by atoms with Crippen LogP contribution in [0.2, 0.25) is 0 Å². The van der Waals surface area contributed by atoms with Gasteiger partial charge in [-0.1, -0.05) is 24.3 Å². The third kappa shape index (κ3) is 3.43. The van der Waals surface area contributed by atoms with Crippen LogP contribution in [-0.2, 0) is 24.1 Å². The molecule has 6 heteroatoms. The molecule has 126 valence electrons. The van der Waals surface area contributed by atoms with Gasteiger partial charge in [0, 0.05) is 18.8 Å². The van der Waals surface area contributed by atoms with Gasteiger partial charge in [0.1, 0.15) is 0 Å². The fourth-order valence-corrected chi connectivity index (χ4v) is 3.54. The molecule has 0 bridgehead atoms. The first kappa shape index (κ1) is 15.2. The normalized spacial score (nSPS) is 20.1. The molecular formula is C18H22N4O2. The van der Waals surface area contributed by atoms with Crippen LogP contribution in [0.5, 0.6) is 0 Å². The van der Waals surface area contributed by atoms with Crippen molar-refractivity contribution in [3.8, 4) is 0 Å². The Balaban J connectivity index is 1.28. The van der Waals surface area contributed by atoms with Gasteiger partial charge in [0.05, 0.1) is 24.5 Å². The minimum atomic E-state index is -0.176. The standard InChI is InChI=1S/C18H22N4O2/c23-18(20-15-8-13-4-1-2-5-14(13)9-15)21-16-10-19-22(11-16)12-17-6-3-7-24-17/h1-2,4-5,10-11,15,17H,3,6-9,12H2,(H2,20,21,23)/t17-/m0/s1. The molecule has 2 aliphatic rings. The number of amides is 2. The topological polar surface area (TPSA) is 68.2 Å². The lowest BCUT2D eigenvalue weighted by molar-refractivity contribution is 0.0940. The van der Waals surface area contributed by atoms with E-state index in [9.17, 15) is 4.79 Å². The van der Waals surface area contributed by atoms with Gasteiger partial charge in [0.25, 0.3) is 0 Å². The average Bonchev–Trinajstić information content (AvgIpc) is 3.28. The van der Waals surface area contributed by atoms with Crippen LogP contribution in [0.3, 0.4) is 0 Å². The number of nitrogens with zero attached hydrogens (tertiary/aromatic N) is 2. The predicted molar refractivity (Wildman–Crippen MR) is 91.0 cm³/mol. The highest BCUT2D eigenvalue weighted by Gasteiger charge is 2.22. The second-order valence-corrected chi connectivity index (χ2v) is 6.56. The molecular weight excluding hydrogens is 304 g/mol. The fraction of sp³-hybridized carbons (Fsp3) is 0.444. The van der Waals surface area contributed by atoms with E-state index in [0.29, 0.717) is 5.69 Å². The number of hydrogen-bond acceptors (Lipinski definition) is 3. The summed E-state index contributed by atoms with van der Waals surface area (Å²) in [5, 5.41) is 10.2. The van der Waals surface area contributed by atoms with Crippen LogP contribution in [0, 0.1) is 0 Å². The summed E-state index contributed by atoms with van der Waals surface area (Å²) in [7, 11) is 0. The largest absolute Gasteiger partial charge is 0.376 e. The summed E-state index contributed by atoms with van der Waals surface area (Å²) in [6.07, 6.45) is 7.74. The van der Waals surface area contributed by atoms with Gasteiger partial charge in [-0.05, 0) is 36.8 Å². The molecule has 4 rings (SSSR count). The van der Waals surface area contributed by atoms with Gasteiger partial charge in [-0.3, -0.25) is 4.68 Å². The highest BCUT2D eigenvalue weighted by Crippen LogP contribution is 2.21. The molecule has 1 saturated heterocycles. The second-order valence-electron chi connectivity index (χ2n) is 6.56. The predicted octanol–water partition coefficient (Wildman–Crippen LogP) is 2.35. The molecule has 24 heavy (non-hydrogen) atoms. The Bertz CT molecular complexity index is 696. The van der Waals surface area contributed by atoms with Crippen molar-refractivity contribution in [2.75, 3.05) is 11.9 Å². The van der Waals surface area contributed by atoms with Gasteiger partial charge < -0.3 is 15.4 Å². The molecule has 1 fully saturated rings. The van der Waals surface area contributed by atoms with E-state index in [1.54, 1.807) is 6.20 Å². The van der Waals surface area contributed by atoms with E-state index in [0.717, 1.165) is 38.8 Å². The van der Waals surface area contributed by atoms with Crippen molar-refractivity contribution in [3.63, 3.8) is 0 Å². The quantitative estimate of drug-likeness (QED) is 0.906. The number of ether oxygens (including phenoxy) is 1. The molecule has 0 spiro atoms. The van der Waals surface area contributed by atoms with Crippen LogP contribution in [0.4, 0.5) is 10.5 Å². The van der Waals surface area contributed by atoms with Gasteiger partial charge >= 0.3 is 6.03 Å². The first-order chi connectivity index (χ1) is 11.8. The number of anilines is 1. The van der Waals surface area contributed by atoms with Crippen molar-refractivity contribution >= 4 is 11.7 Å². The lowest BCUT2D eigenvalue weighted by atomic mass is 10.1. The first-order valence-electron chi connectivity index (χ1n) is 8.54. The molecule has 2 N–H and O–H groups in total. The maximum atomic E-state index is 12.2. The van der Waals surface area contributed by atoms with E-state index in [1.165, 1.54) is 11.1 Å². The Morgan fingerprint density at radius 1 is 1.29 bits per heavy atom. The van der Waals surface area contributed by atoms with Crippen molar-refractivity contribution in [2.24, 2.45) is 0 Å². The summed E-state index contributed by atoms with van der Waals surface area (Å²) in [4.78, 5) is 12.2. The molecule has 1 aromatic carbocycles. The summed E-state index contributed by atoms with van der Waals surface area (Å²) in [5.41, 5.74) is 3.36. The summed E-state index contributed by atoms with van der Waals surface area (Å²) in [6.45, 7) is 1.57. The zero-order chi connectivity index (χ0) is 16.4. The van der Waals surface area contributed by atoms with Crippen LogP contribution >= 0.6 is 0 Å². The zero-order valence-corrected chi connectivity index (χ0v) is 13.6. The minimum absolute atomic E-state index is 0.157. The van der Waals surface area contributed by atoms with E-state index in [-0.39, 0.29) is 18.2 Å². The Morgan fingerprint density at radius 3 is 2.79 bits per heavy atom. The Kier molecular flexibility index (Phi) is 4.21. The zero-order valence-electron chi connectivity index (χ0n) is 13.6. The third-order valence-corrected chi connectivity index (χ3v) is 4.69. The molecule has 2 aromatic rings. The van der Waals surface area contributed by atoms with Crippen LogP contribution in [0.25, 0.3) is 0 Å². The monoisotopic (exact) mass is 326 g/mol. The molecule has 6 nitrogen and oxygen atoms in total.